The topological polar surface area (TPSA) is 123 Å². The molecule has 34 heavy (non-hydrogen) atoms. The third-order valence-corrected chi connectivity index (χ3v) is 5.80. The van der Waals surface area contributed by atoms with Crippen molar-refractivity contribution in [3.05, 3.63) is 66.0 Å². The fourth-order valence-corrected chi connectivity index (χ4v) is 3.72. The van der Waals surface area contributed by atoms with Gasteiger partial charge in [0.05, 0.1) is 38.3 Å². The SMILES string of the molecule is COc1cccc(CNc2nc(NC(CO)C(C)C)nc3c2ncn3Cc2ccccc2)c1N. The van der Waals surface area contributed by atoms with E-state index in [9.17, 15) is 5.11 Å². The molecule has 5 N–H and O–H groups in total. The number of anilines is 3. The number of hydrogen-bond donors (Lipinski definition) is 4. The summed E-state index contributed by atoms with van der Waals surface area (Å²) in [5, 5.41) is 16.4. The minimum atomic E-state index is -0.176. The number of ether oxygens (including phenoxy) is 1. The lowest BCUT2D eigenvalue weighted by atomic mass is 10.1. The third kappa shape index (κ3) is 5.04. The van der Waals surface area contributed by atoms with Crippen LogP contribution in [-0.2, 0) is 13.1 Å². The zero-order valence-electron chi connectivity index (χ0n) is 19.7. The number of nitrogens with two attached hydrogens (primary N) is 1. The van der Waals surface area contributed by atoms with Crippen LogP contribution in [0.2, 0.25) is 0 Å². The summed E-state index contributed by atoms with van der Waals surface area (Å²) in [5.74, 6) is 1.84. The van der Waals surface area contributed by atoms with Gasteiger partial charge in [-0.2, -0.15) is 9.97 Å². The van der Waals surface area contributed by atoms with Crippen molar-refractivity contribution >= 4 is 28.6 Å². The number of para-hydroxylation sites is 1. The van der Waals surface area contributed by atoms with Crippen LogP contribution in [0, 0.1) is 5.92 Å². The van der Waals surface area contributed by atoms with Gasteiger partial charge in [-0.25, -0.2) is 4.98 Å². The van der Waals surface area contributed by atoms with Gasteiger partial charge in [0.25, 0.3) is 0 Å². The number of rotatable bonds is 10. The number of nitrogens with zero attached hydrogens (tertiary/aromatic N) is 4. The number of hydrogen-bond acceptors (Lipinski definition) is 8. The molecule has 0 aliphatic heterocycles. The maximum absolute atomic E-state index is 9.80. The Hall–Kier alpha value is -3.85. The van der Waals surface area contributed by atoms with Gasteiger partial charge in [0.1, 0.15) is 5.75 Å². The van der Waals surface area contributed by atoms with Crippen molar-refractivity contribution < 1.29 is 9.84 Å². The molecule has 1 atom stereocenters. The van der Waals surface area contributed by atoms with Gasteiger partial charge in [0, 0.05) is 6.54 Å². The molecular weight excluding hydrogens is 430 g/mol. The molecule has 0 aliphatic rings. The molecule has 9 nitrogen and oxygen atoms in total. The monoisotopic (exact) mass is 461 g/mol. The van der Waals surface area contributed by atoms with Crippen LogP contribution in [-0.4, -0.2) is 44.4 Å². The standard InChI is InChI=1S/C25H31N7O2/c1-16(2)19(14-33)29-25-30-23(27-12-18-10-7-11-20(34-3)21(18)26)22-24(31-25)32(15-28-22)13-17-8-5-4-6-9-17/h4-11,15-16,19,33H,12-14,26H2,1-3H3,(H2,27,29,30,31). The van der Waals surface area contributed by atoms with E-state index in [0.717, 1.165) is 11.1 Å². The van der Waals surface area contributed by atoms with Gasteiger partial charge in [0.2, 0.25) is 5.95 Å². The van der Waals surface area contributed by atoms with Crippen molar-refractivity contribution in [3.8, 4) is 5.75 Å². The van der Waals surface area contributed by atoms with E-state index in [0.29, 0.717) is 47.5 Å². The van der Waals surface area contributed by atoms with E-state index in [2.05, 4.69) is 32.7 Å². The summed E-state index contributed by atoms with van der Waals surface area (Å²) < 4.78 is 7.33. The molecule has 0 aliphatic carbocycles. The Morgan fingerprint density at radius 2 is 1.88 bits per heavy atom. The van der Waals surface area contributed by atoms with Crippen molar-refractivity contribution in [2.75, 3.05) is 30.1 Å². The molecule has 0 bridgehead atoms. The molecule has 0 radical (unpaired) electrons. The van der Waals surface area contributed by atoms with E-state index in [4.69, 9.17) is 15.5 Å². The second-order valence-electron chi connectivity index (χ2n) is 8.49. The van der Waals surface area contributed by atoms with Gasteiger partial charge < -0.3 is 30.8 Å². The molecule has 0 fully saturated rings. The quantitative estimate of drug-likeness (QED) is 0.265. The minimum absolute atomic E-state index is 0.0224. The lowest BCUT2D eigenvalue weighted by Gasteiger charge is -2.20. The summed E-state index contributed by atoms with van der Waals surface area (Å²) in [5.41, 5.74) is 10.2. The van der Waals surface area contributed by atoms with Crippen LogP contribution < -0.4 is 21.1 Å². The van der Waals surface area contributed by atoms with E-state index in [-0.39, 0.29) is 18.6 Å². The fourth-order valence-electron chi connectivity index (χ4n) is 3.72. The predicted octanol–water partition coefficient (Wildman–Crippen LogP) is 3.51. The van der Waals surface area contributed by atoms with Crippen LogP contribution in [0.3, 0.4) is 0 Å². The highest BCUT2D eigenvalue weighted by molar-refractivity contribution is 5.84. The zero-order valence-corrected chi connectivity index (χ0v) is 19.7. The normalized spacial score (nSPS) is 12.1. The van der Waals surface area contributed by atoms with E-state index >= 15 is 0 Å². The predicted molar refractivity (Wildman–Crippen MR) is 135 cm³/mol. The first-order valence-electron chi connectivity index (χ1n) is 11.3. The molecule has 178 valence electrons. The van der Waals surface area contributed by atoms with Crippen molar-refractivity contribution in [1.82, 2.24) is 19.5 Å². The van der Waals surface area contributed by atoms with Crippen molar-refractivity contribution in [2.24, 2.45) is 5.92 Å². The molecule has 0 saturated carbocycles. The number of imidazole rings is 1. The summed E-state index contributed by atoms with van der Waals surface area (Å²) in [6, 6.07) is 15.6. The number of nitrogens with one attached hydrogen (secondary N) is 2. The van der Waals surface area contributed by atoms with Gasteiger partial charge in [-0.05, 0) is 23.1 Å². The van der Waals surface area contributed by atoms with Gasteiger partial charge in [-0.3, -0.25) is 0 Å². The van der Waals surface area contributed by atoms with Crippen molar-refractivity contribution in [3.63, 3.8) is 0 Å². The Labute approximate surface area is 199 Å². The number of benzene rings is 2. The van der Waals surface area contributed by atoms with Gasteiger partial charge >= 0.3 is 0 Å². The van der Waals surface area contributed by atoms with Crippen LogP contribution >= 0.6 is 0 Å². The highest BCUT2D eigenvalue weighted by Crippen LogP contribution is 2.27. The second kappa shape index (κ2) is 10.4. The molecule has 2 heterocycles. The summed E-state index contributed by atoms with van der Waals surface area (Å²) in [6.07, 6.45) is 1.77. The average molecular weight is 462 g/mol. The number of aliphatic hydroxyl groups is 1. The number of fused-ring (bicyclic) bond motifs is 1. The highest BCUT2D eigenvalue weighted by Gasteiger charge is 2.18. The Morgan fingerprint density at radius 3 is 2.59 bits per heavy atom. The number of aliphatic hydroxyl groups excluding tert-OH is 1. The molecule has 9 heteroatoms. The number of aromatic nitrogens is 4. The van der Waals surface area contributed by atoms with Gasteiger partial charge in [-0.15, -0.1) is 0 Å². The first-order valence-corrected chi connectivity index (χ1v) is 11.3. The lowest BCUT2D eigenvalue weighted by Crippen LogP contribution is -2.30. The number of methoxy groups -OCH3 is 1. The van der Waals surface area contributed by atoms with Crippen molar-refractivity contribution in [2.45, 2.75) is 33.0 Å². The molecule has 1 unspecified atom stereocenters. The largest absolute Gasteiger partial charge is 0.495 e. The van der Waals surface area contributed by atoms with Crippen LogP contribution in [0.5, 0.6) is 5.75 Å². The number of nitrogen functional groups attached to an aromatic ring is 1. The molecule has 2 aromatic carbocycles. The van der Waals surface area contributed by atoms with E-state index in [1.54, 1.807) is 13.4 Å². The summed E-state index contributed by atoms with van der Waals surface area (Å²) >= 11 is 0. The Balaban J connectivity index is 1.70. The Bertz CT molecular complexity index is 1240. The van der Waals surface area contributed by atoms with Crippen molar-refractivity contribution in [1.29, 1.82) is 0 Å². The Morgan fingerprint density at radius 1 is 1.09 bits per heavy atom. The summed E-state index contributed by atoms with van der Waals surface area (Å²) in [7, 11) is 1.60. The van der Waals surface area contributed by atoms with Gasteiger partial charge in [-0.1, -0.05) is 56.3 Å². The minimum Gasteiger partial charge on any atom is -0.495 e. The highest BCUT2D eigenvalue weighted by atomic mass is 16.5. The van der Waals surface area contributed by atoms with E-state index < -0.39 is 0 Å². The first-order chi connectivity index (χ1) is 16.5. The Kier molecular flexibility index (Phi) is 7.12. The molecule has 0 amide bonds. The van der Waals surface area contributed by atoms with Crippen LogP contribution in [0.1, 0.15) is 25.0 Å². The summed E-state index contributed by atoms with van der Waals surface area (Å²) in [6.45, 7) is 5.12. The van der Waals surface area contributed by atoms with Gasteiger partial charge in [0.15, 0.2) is 17.0 Å². The average Bonchev–Trinajstić information content (AvgIpc) is 3.24. The maximum atomic E-state index is 9.80. The van der Waals surface area contributed by atoms with E-state index in [1.807, 2.05) is 54.8 Å². The van der Waals surface area contributed by atoms with Crippen LogP contribution in [0.25, 0.3) is 11.2 Å². The fraction of sp³-hybridized carbons (Fsp3) is 0.320. The van der Waals surface area contributed by atoms with Crippen LogP contribution in [0.4, 0.5) is 17.5 Å². The van der Waals surface area contributed by atoms with Crippen LogP contribution in [0.15, 0.2) is 54.9 Å². The zero-order chi connectivity index (χ0) is 24.1. The molecular formula is C25H31N7O2. The molecule has 0 saturated heterocycles. The molecule has 0 spiro atoms. The summed E-state index contributed by atoms with van der Waals surface area (Å²) in [4.78, 5) is 14.0. The first kappa shape index (κ1) is 23.3. The smallest absolute Gasteiger partial charge is 0.227 e. The van der Waals surface area contributed by atoms with E-state index in [1.165, 1.54) is 0 Å². The lowest BCUT2D eigenvalue weighted by molar-refractivity contribution is 0.248. The maximum Gasteiger partial charge on any atom is 0.227 e. The third-order valence-electron chi connectivity index (χ3n) is 5.80. The second-order valence-corrected chi connectivity index (χ2v) is 8.49. The molecule has 2 aromatic heterocycles. The molecule has 4 aromatic rings. The molecule has 4 rings (SSSR count).